The van der Waals surface area contributed by atoms with Gasteiger partial charge in [-0.3, -0.25) is 0 Å². The first-order valence-corrected chi connectivity index (χ1v) is 10.4. The third kappa shape index (κ3) is 4.75. The van der Waals surface area contributed by atoms with Crippen molar-refractivity contribution in [3.8, 4) is 0 Å². The van der Waals surface area contributed by atoms with E-state index in [0.717, 1.165) is 0 Å². The van der Waals surface area contributed by atoms with Gasteiger partial charge in [0.1, 0.15) is 7.05 Å². The van der Waals surface area contributed by atoms with Crippen molar-refractivity contribution in [2.75, 3.05) is 0 Å². The van der Waals surface area contributed by atoms with E-state index >= 15 is 0 Å². The number of fused-ring (bicyclic) bond motifs is 2. The van der Waals surface area contributed by atoms with Crippen LogP contribution in [0, 0.1) is 16.2 Å². The van der Waals surface area contributed by atoms with Gasteiger partial charge in [0.15, 0.2) is 0 Å². The molecule has 3 heterocycles. The summed E-state index contributed by atoms with van der Waals surface area (Å²) in [5.74, 6) is 0.460. The van der Waals surface area contributed by atoms with Gasteiger partial charge in [-0.15, -0.1) is 10.2 Å². The molecular formula is C22H23ClN2O4. The Morgan fingerprint density at radius 2 is 1.76 bits per heavy atom. The number of hydrogen-bond acceptors (Lipinski definition) is 5. The van der Waals surface area contributed by atoms with Crippen molar-refractivity contribution >= 4 is 17.0 Å². The monoisotopic (exact) mass is 414 g/mol. The molecule has 1 aromatic carbocycles. The van der Waals surface area contributed by atoms with Crippen molar-refractivity contribution in [3.63, 3.8) is 0 Å². The van der Waals surface area contributed by atoms with Crippen LogP contribution in [0.5, 0.6) is 0 Å². The Balaban J connectivity index is 0.000000431. The van der Waals surface area contributed by atoms with Crippen molar-refractivity contribution in [2.45, 2.75) is 19.4 Å². The molecular weight excluding hydrogens is 392 g/mol. The number of benzene rings is 1. The SMILES string of the molecule is CC1C=C2C=CC=CN2C1(C)C=Cc1ccc2ccccc2[n+]1C.[O-][Cl+3]([O-])([O-])[O-]. The Bertz CT molecular complexity index is 1020. The van der Waals surface area contributed by atoms with E-state index in [1.54, 1.807) is 0 Å². The van der Waals surface area contributed by atoms with E-state index in [0.29, 0.717) is 5.92 Å². The molecule has 1 aromatic heterocycles. The van der Waals surface area contributed by atoms with Gasteiger partial charge in [0.25, 0.3) is 0 Å². The summed E-state index contributed by atoms with van der Waals surface area (Å²) in [7, 11) is -2.81. The molecule has 6 nitrogen and oxygen atoms in total. The number of hydrogen-bond donors (Lipinski definition) is 0. The standard InChI is InChI=1S/C22H23N2.ClHO4/c1-17-16-20-9-6-7-15-24(20)22(17,2)14-13-19-12-11-18-8-4-5-10-21(18)23(19)3;2-1(3,4)5/h4-17H,1-3H3;(H,2,3,4,5)/q+1;/p-1. The third-order valence-electron chi connectivity index (χ3n) is 5.46. The molecule has 0 saturated heterocycles. The van der Waals surface area contributed by atoms with E-state index in [1.807, 2.05) is 0 Å². The summed E-state index contributed by atoms with van der Waals surface area (Å²) < 4.78 is 36.2. The fourth-order valence-electron chi connectivity index (χ4n) is 3.69. The van der Waals surface area contributed by atoms with Gasteiger partial charge >= 0.3 is 0 Å². The van der Waals surface area contributed by atoms with Crippen molar-refractivity contribution in [1.29, 1.82) is 0 Å². The second-order valence-corrected chi connectivity index (χ2v) is 8.02. The van der Waals surface area contributed by atoms with Crippen molar-refractivity contribution in [2.24, 2.45) is 13.0 Å². The number of allylic oxidation sites excluding steroid dienone is 3. The zero-order valence-electron chi connectivity index (χ0n) is 16.5. The first kappa shape index (κ1) is 21.2. The Hall–Kier alpha value is -2.48. The summed E-state index contributed by atoms with van der Waals surface area (Å²) in [4.78, 5) is 2.37. The van der Waals surface area contributed by atoms with Gasteiger partial charge in [0.05, 0.1) is 5.54 Å². The minimum Gasteiger partial charge on any atom is -0.338 e. The van der Waals surface area contributed by atoms with Crippen LogP contribution >= 0.6 is 0 Å². The maximum atomic E-state index is 8.49. The third-order valence-corrected chi connectivity index (χ3v) is 5.46. The van der Waals surface area contributed by atoms with Crippen LogP contribution in [-0.2, 0) is 7.05 Å². The highest BCUT2D eigenvalue weighted by molar-refractivity contribution is 5.76. The van der Waals surface area contributed by atoms with Gasteiger partial charge in [0, 0.05) is 41.4 Å². The number of nitrogens with zero attached hydrogens (tertiary/aromatic N) is 2. The smallest absolute Gasteiger partial charge is 0.212 e. The molecule has 4 rings (SSSR count). The van der Waals surface area contributed by atoms with E-state index in [9.17, 15) is 0 Å². The molecule has 152 valence electrons. The molecule has 2 aliphatic heterocycles. The molecule has 7 heteroatoms. The van der Waals surface area contributed by atoms with Crippen LogP contribution in [0.15, 0.2) is 78.7 Å². The second kappa shape index (κ2) is 8.10. The van der Waals surface area contributed by atoms with E-state index in [1.165, 1.54) is 22.3 Å². The normalized spacial score (nSPS) is 23.2. The summed E-state index contributed by atoms with van der Waals surface area (Å²) in [5, 5.41) is 1.27. The maximum Gasteiger partial charge on any atom is 0.212 e. The average molecular weight is 415 g/mol. The van der Waals surface area contributed by atoms with Crippen LogP contribution in [0.3, 0.4) is 0 Å². The lowest BCUT2D eigenvalue weighted by molar-refractivity contribution is -2.00. The molecule has 0 aliphatic carbocycles. The minimum atomic E-state index is -4.94. The predicted molar refractivity (Wildman–Crippen MR) is 99.9 cm³/mol. The molecule has 0 radical (unpaired) electrons. The molecule has 2 aliphatic rings. The first-order chi connectivity index (χ1) is 13.6. The number of pyridine rings is 1. The quantitative estimate of drug-likeness (QED) is 0.622. The number of aryl methyl sites for hydroxylation is 1. The molecule has 29 heavy (non-hydrogen) atoms. The molecule has 0 amide bonds. The van der Waals surface area contributed by atoms with Gasteiger partial charge in [0.2, 0.25) is 11.2 Å². The number of para-hydroxylation sites is 1. The minimum absolute atomic E-state index is 0.0325. The Kier molecular flexibility index (Phi) is 5.93. The topological polar surface area (TPSA) is 99.4 Å². The van der Waals surface area contributed by atoms with Crippen LogP contribution in [0.1, 0.15) is 19.5 Å². The molecule has 2 atom stereocenters. The second-order valence-electron chi connectivity index (χ2n) is 7.26. The summed E-state index contributed by atoms with van der Waals surface area (Å²) >= 11 is 0. The summed E-state index contributed by atoms with van der Waals surface area (Å²) in [6.45, 7) is 4.60. The average Bonchev–Trinajstić information content (AvgIpc) is 2.91. The van der Waals surface area contributed by atoms with Crippen LogP contribution < -0.4 is 23.2 Å². The zero-order chi connectivity index (χ0) is 21.2. The van der Waals surface area contributed by atoms with E-state index < -0.39 is 10.2 Å². The molecule has 0 bridgehead atoms. The fourth-order valence-corrected chi connectivity index (χ4v) is 3.69. The van der Waals surface area contributed by atoms with Gasteiger partial charge in [-0.2, -0.15) is 4.57 Å². The van der Waals surface area contributed by atoms with E-state index in [4.69, 9.17) is 18.6 Å². The summed E-state index contributed by atoms with van der Waals surface area (Å²) in [6.07, 6.45) is 15.5. The van der Waals surface area contributed by atoms with Crippen LogP contribution in [-0.4, -0.2) is 10.4 Å². The molecule has 2 aromatic rings. The summed E-state index contributed by atoms with van der Waals surface area (Å²) in [6, 6.07) is 12.9. The lowest BCUT2D eigenvalue weighted by atomic mass is 9.88. The highest BCUT2D eigenvalue weighted by Gasteiger charge is 2.39. The Morgan fingerprint density at radius 1 is 1.07 bits per heavy atom. The van der Waals surface area contributed by atoms with Crippen LogP contribution in [0.2, 0.25) is 0 Å². The van der Waals surface area contributed by atoms with Crippen molar-refractivity contribution in [1.82, 2.24) is 4.90 Å². The first-order valence-electron chi connectivity index (χ1n) is 9.14. The predicted octanol–water partition coefficient (Wildman–Crippen LogP) is -0.401. The van der Waals surface area contributed by atoms with Gasteiger partial charge in [-0.05, 0) is 31.2 Å². The molecule has 0 saturated carbocycles. The Labute approximate surface area is 172 Å². The van der Waals surface area contributed by atoms with Crippen LogP contribution in [0.25, 0.3) is 17.0 Å². The number of halogens is 1. The number of rotatable bonds is 2. The molecule has 0 fully saturated rings. The fraction of sp³-hybridized carbons (Fsp3) is 0.227. The maximum absolute atomic E-state index is 8.49. The van der Waals surface area contributed by atoms with Crippen LogP contribution in [0.4, 0.5) is 0 Å². The zero-order valence-corrected chi connectivity index (χ0v) is 17.2. The highest BCUT2D eigenvalue weighted by atomic mass is 35.7. The molecule has 2 unspecified atom stereocenters. The Morgan fingerprint density at radius 3 is 2.48 bits per heavy atom. The van der Waals surface area contributed by atoms with Gasteiger partial charge < -0.3 is 4.90 Å². The van der Waals surface area contributed by atoms with Crippen molar-refractivity contribution in [3.05, 3.63) is 84.4 Å². The van der Waals surface area contributed by atoms with E-state index in [2.05, 4.69) is 109 Å². The van der Waals surface area contributed by atoms with Crippen molar-refractivity contribution < 1.29 is 33.4 Å². The molecule has 0 N–H and O–H groups in total. The number of aromatic nitrogens is 1. The largest absolute Gasteiger partial charge is 0.338 e. The van der Waals surface area contributed by atoms with E-state index in [-0.39, 0.29) is 5.54 Å². The molecule has 0 spiro atoms. The highest BCUT2D eigenvalue weighted by Crippen LogP contribution is 2.40. The summed E-state index contributed by atoms with van der Waals surface area (Å²) in [5.41, 5.74) is 3.73. The lowest BCUT2D eigenvalue weighted by Gasteiger charge is -2.37. The lowest BCUT2D eigenvalue weighted by Crippen LogP contribution is -2.68. The van der Waals surface area contributed by atoms with Gasteiger partial charge in [-0.1, -0.05) is 37.3 Å². The van der Waals surface area contributed by atoms with Gasteiger partial charge in [-0.25, -0.2) is 18.6 Å².